The van der Waals surface area contributed by atoms with E-state index >= 15 is 0 Å². The van der Waals surface area contributed by atoms with Crippen LogP contribution in [0.3, 0.4) is 0 Å². The van der Waals surface area contributed by atoms with Gasteiger partial charge < -0.3 is 19.9 Å². The molecule has 3 aromatic rings. The summed E-state index contributed by atoms with van der Waals surface area (Å²) in [4.78, 5) is 17.6. The van der Waals surface area contributed by atoms with Crippen LogP contribution in [-0.4, -0.2) is 26.3 Å². The second kappa shape index (κ2) is 4.50. The Morgan fingerprint density at radius 3 is 2.75 bits per heavy atom. The summed E-state index contributed by atoms with van der Waals surface area (Å²) in [5.41, 5.74) is 2.45. The summed E-state index contributed by atoms with van der Waals surface area (Å²) in [6, 6.07) is 7.14. The molecule has 20 heavy (non-hydrogen) atoms. The van der Waals surface area contributed by atoms with E-state index in [1.165, 1.54) is 6.20 Å². The van der Waals surface area contributed by atoms with Gasteiger partial charge in [-0.2, -0.15) is 0 Å². The summed E-state index contributed by atoms with van der Waals surface area (Å²) in [5, 5.41) is 19.9. The van der Waals surface area contributed by atoms with Gasteiger partial charge in [0, 0.05) is 22.4 Å². The first-order valence-corrected chi connectivity index (χ1v) is 6.05. The van der Waals surface area contributed by atoms with Crippen molar-refractivity contribution in [2.24, 2.45) is 0 Å². The zero-order valence-electron chi connectivity index (χ0n) is 10.6. The number of benzene rings is 1. The molecule has 2 heterocycles. The van der Waals surface area contributed by atoms with Gasteiger partial charge in [0.25, 0.3) is 0 Å². The zero-order valence-corrected chi connectivity index (χ0v) is 10.6. The number of carboxylic acid groups (broad SMARTS) is 1. The number of carbonyl (C=O) groups is 1. The third-order valence-electron chi connectivity index (χ3n) is 3.16. The van der Waals surface area contributed by atoms with Crippen LogP contribution in [0.2, 0.25) is 0 Å². The summed E-state index contributed by atoms with van der Waals surface area (Å²) in [6.07, 6.45) is -0.447. The van der Waals surface area contributed by atoms with E-state index in [0.29, 0.717) is 0 Å². The monoisotopic (exact) mass is 272 g/mol. The van der Waals surface area contributed by atoms with Gasteiger partial charge in [-0.1, -0.05) is 6.07 Å². The van der Waals surface area contributed by atoms with Crippen molar-refractivity contribution in [2.75, 3.05) is 0 Å². The first kappa shape index (κ1) is 12.4. The number of ether oxygens (including phenoxy) is 1. The lowest BCUT2D eigenvalue weighted by atomic mass is 10.1. The SMILES string of the molecule is CC(O)c1ccc2[nH]c3cnc(OC(=O)O)cc3c2c1. The van der Waals surface area contributed by atoms with Gasteiger partial charge in [-0.3, -0.25) is 0 Å². The lowest BCUT2D eigenvalue weighted by Crippen LogP contribution is -2.03. The van der Waals surface area contributed by atoms with Crippen molar-refractivity contribution in [3.05, 3.63) is 36.0 Å². The smallest absolute Gasteiger partial charge is 0.449 e. The molecular weight excluding hydrogens is 260 g/mol. The van der Waals surface area contributed by atoms with E-state index in [2.05, 4.69) is 14.7 Å². The molecule has 0 aliphatic heterocycles. The van der Waals surface area contributed by atoms with Crippen molar-refractivity contribution < 1.29 is 19.7 Å². The second-order valence-electron chi connectivity index (χ2n) is 4.54. The molecule has 0 aliphatic carbocycles. The third kappa shape index (κ3) is 2.06. The highest BCUT2D eigenvalue weighted by atomic mass is 16.7. The van der Waals surface area contributed by atoms with Gasteiger partial charge in [-0.15, -0.1) is 0 Å². The normalized spacial score (nSPS) is 12.7. The van der Waals surface area contributed by atoms with E-state index in [0.717, 1.165) is 27.4 Å². The first-order valence-electron chi connectivity index (χ1n) is 6.05. The van der Waals surface area contributed by atoms with Gasteiger partial charge >= 0.3 is 6.16 Å². The number of H-pyrrole nitrogens is 1. The van der Waals surface area contributed by atoms with E-state index in [-0.39, 0.29) is 5.88 Å². The number of pyridine rings is 1. The molecule has 0 radical (unpaired) electrons. The highest BCUT2D eigenvalue weighted by molar-refractivity contribution is 6.07. The van der Waals surface area contributed by atoms with Crippen LogP contribution in [0.15, 0.2) is 30.5 Å². The van der Waals surface area contributed by atoms with Gasteiger partial charge in [0.05, 0.1) is 17.8 Å². The van der Waals surface area contributed by atoms with Crippen molar-refractivity contribution >= 4 is 28.0 Å². The minimum Gasteiger partial charge on any atom is -0.449 e. The summed E-state index contributed by atoms with van der Waals surface area (Å²) < 4.78 is 4.56. The molecule has 0 amide bonds. The average molecular weight is 272 g/mol. The number of nitrogens with one attached hydrogen (secondary N) is 1. The van der Waals surface area contributed by atoms with Crippen LogP contribution in [-0.2, 0) is 0 Å². The molecule has 0 saturated heterocycles. The number of rotatable bonds is 2. The molecule has 0 saturated carbocycles. The number of aromatic nitrogens is 2. The molecule has 0 spiro atoms. The van der Waals surface area contributed by atoms with E-state index in [1.54, 1.807) is 13.0 Å². The Labute approximate surface area is 113 Å². The minimum absolute atomic E-state index is 0.0216. The van der Waals surface area contributed by atoms with Crippen LogP contribution in [0, 0.1) is 0 Å². The Kier molecular flexibility index (Phi) is 2.80. The van der Waals surface area contributed by atoms with Crippen molar-refractivity contribution in [2.45, 2.75) is 13.0 Å². The lowest BCUT2D eigenvalue weighted by molar-refractivity contribution is 0.142. The van der Waals surface area contributed by atoms with Crippen molar-refractivity contribution in [3.63, 3.8) is 0 Å². The van der Waals surface area contributed by atoms with Crippen LogP contribution < -0.4 is 4.74 Å². The van der Waals surface area contributed by atoms with Crippen molar-refractivity contribution in [1.29, 1.82) is 0 Å². The zero-order chi connectivity index (χ0) is 14.3. The lowest BCUT2D eigenvalue weighted by Gasteiger charge is -2.04. The molecular formula is C14H12N2O4. The molecule has 2 aromatic heterocycles. The molecule has 1 aromatic carbocycles. The maximum absolute atomic E-state index is 10.5. The summed E-state index contributed by atoms with van der Waals surface area (Å²) >= 11 is 0. The minimum atomic E-state index is -1.40. The Balaban J connectivity index is 2.22. The highest BCUT2D eigenvalue weighted by Gasteiger charge is 2.10. The van der Waals surface area contributed by atoms with E-state index in [9.17, 15) is 9.90 Å². The number of hydrogen-bond acceptors (Lipinski definition) is 4. The van der Waals surface area contributed by atoms with Gasteiger partial charge in [-0.25, -0.2) is 9.78 Å². The number of aliphatic hydroxyl groups excluding tert-OH is 1. The molecule has 0 bridgehead atoms. The van der Waals surface area contributed by atoms with Crippen LogP contribution >= 0.6 is 0 Å². The quantitative estimate of drug-likeness (QED) is 0.623. The fourth-order valence-electron chi connectivity index (χ4n) is 2.20. The molecule has 6 nitrogen and oxygen atoms in total. The fourth-order valence-corrected chi connectivity index (χ4v) is 2.20. The van der Waals surface area contributed by atoms with E-state index in [1.807, 2.05) is 18.2 Å². The van der Waals surface area contributed by atoms with Crippen LogP contribution in [0.25, 0.3) is 21.8 Å². The Bertz CT molecular complexity index is 807. The topological polar surface area (TPSA) is 95.4 Å². The third-order valence-corrected chi connectivity index (χ3v) is 3.16. The molecule has 1 atom stereocenters. The maximum Gasteiger partial charge on any atom is 0.512 e. The molecule has 102 valence electrons. The van der Waals surface area contributed by atoms with Crippen LogP contribution in [0.5, 0.6) is 5.88 Å². The number of aliphatic hydroxyl groups is 1. The van der Waals surface area contributed by atoms with E-state index < -0.39 is 12.3 Å². The Hall–Kier alpha value is -2.60. The van der Waals surface area contributed by atoms with Gasteiger partial charge in [-0.05, 0) is 24.6 Å². The van der Waals surface area contributed by atoms with Gasteiger partial charge in [0.2, 0.25) is 5.88 Å². The number of fused-ring (bicyclic) bond motifs is 3. The van der Waals surface area contributed by atoms with Crippen LogP contribution in [0.1, 0.15) is 18.6 Å². The standard InChI is InChI=1S/C14H12N2O4/c1-7(17)8-2-3-11-9(4-8)10-5-13(20-14(18)19)15-6-12(10)16-11/h2-7,16-17H,1H3,(H,18,19). The van der Waals surface area contributed by atoms with Crippen molar-refractivity contribution in [3.8, 4) is 5.88 Å². The van der Waals surface area contributed by atoms with Crippen molar-refractivity contribution in [1.82, 2.24) is 9.97 Å². The number of hydrogen-bond donors (Lipinski definition) is 3. The number of nitrogens with zero attached hydrogens (tertiary/aromatic N) is 1. The van der Waals surface area contributed by atoms with Gasteiger partial charge in [0.15, 0.2) is 0 Å². The average Bonchev–Trinajstić information content (AvgIpc) is 2.75. The Morgan fingerprint density at radius 1 is 1.30 bits per heavy atom. The molecule has 6 heteroatoms. The first-order chi connectivity index (χ1) is 9.54. The molecule has 3 rings (SSSR count). The highest BCUT2D eigenvalue weighted by Crippen LogP contribution is 2.29. The molecule has 0 fully saturated rings. The largest absolute Gasteiger partial charge is 0.512 e. The van der Waals surface area contributed by atoms with Crippen LogP contribution in [0.4, 0.5) is 4.79 Å². The second-order valence-corrected chi connectivity index (χ2v) is 4.54. The maximum atomic E-state index is 10.5. The fraction of sp³-hybridized carbons (Fsp3) is 0.143. The summed E-state index contributed by atoms with van der Waals surface area (Å²) in [6.45, 7) is 1.69. The Morgan fingerprint density at radius 2 is 2.05 bits per heavy atom. The molecule has 0 aliphatic rings. The summed E-state index contributed by atoms with van der Waals surface area (Å²) in [7, 11) is 0. The number of aromatic amines is 1. The van der Waals surface area contributed by atoms with Gasteiger partial charge in [0.1, 0.15) is 0 Å². The van der Waals surface area contributed by atoms with E-state index in [4.69, 9.17) is 5.11 Å². The summed E-state index contributed by atoms with van der Waals surface area (Å²) in [5.74, 6) is 0.0216. The predicted molar refractivity (Wildman–Crippen MR) is 72.9 cm³/mol. The molecule has 1 unspecified atom stereocenters. The predicted octanol–water partition coefficient (Wildman–Crippen LogP) is 2.83. The molecule has 3 N–H and O–H groups in total.